The number of hydrogen-bond acceptors (Lipinski definition) is 4. The van der Waals surface area contributed by atoms with Crippen molar-refractivity contribution < 1.29 is 13.2 Å². The molecular weight excluding hydrogens is 286 g/mol. The van der Waals surface area contributed by atoms with Crippen molar-refractivity contribution in [1.82, 2.24) is 0 Å². The maximum absolute atomic E-state index is 12.5. The molecule has 2 rings (SSSR count). The van der Waals surface area contributed by atoms with E-state index >= 15 is 0 Å². The number of benzene rings is 1. The van der Waals surface area contributed by atoms with E-state index in [0.717, 1.165) is 25.8 Å². The van der Waals surface area contributed by atoms with E-state index in [4.69, 9.17) is 0 Å². The smallest absolute Gasteiger partial charge is 0.180 e. The number of para-hydroxylation sites is 1. The predicted molar refractivity (Wildman–Crippen MR) is 84.5 cm³/mol. The lowest BCUT2D eigenvalue weighted by atomic mass is 9.98. The molecule has 0 aromatic heterocycles. The van der Waals surface area contributed by atoms with Gasteiger partial charge in [-0.15, -0.1) is 0 Å². The van der Waals surface area contributed by atoms with Gasteiger partial charge < -0.3 is 4.90 Å². The van der Waals surface area contributed by atoms with Crippen LogP contribution in [0.4, 0.5) is 5.69 Å². The lowest BCUT2D eigenvalue weighted by Crippen LogP contribution is -2.44. The van der Waals surface area contributed by atoms with E-state index in [2.05, 4.69) is 0 Å². The fourth-order valence-electron chi connectivity index (χ4n) is 2.98. The van der Waals surface area contributed by atoms with E-state index in [0.29, 0.717) is 17.0 Å². The Hall–Kier alpha value is -1.36. The highest BCUT2D eigenvalue weighted by atomic mass is 32.2. The van der Waals surface area contributed by atoms with Gasteiger partial charge in [-0.2, -0.15) is 0 Å². The summed E-state index contributed by atoms with van der Waals surface area (Å²) in [7, 11) is -3.29. The molecule has 1 unspecified atom stereocenters. The molecule has 0 spiro atoms. The molecule has 1 aromatic rings. The molecular formula is C16H23NO3S. The summed E-state index contributed by atoms with van der Waals surface area (Å²) in [6, 6.07) is 6.87. The van der Waals surface area contributed by atoms with Crippen LogP contribution in [0.3, 0.4) is 0 Å². The van der Waals surface area contributed by atoms with Crippen LogP contribution in [0.1, 0.15) is 39.5 Å². The lowest BCUT2D eigenvalue weighted by Gasteiger charge is -2.37. The third kappa shape index (κ3) is 3.46. The molecule has 0 aliphatic carbocycles. The minimum absolute atomic E-state index is 0.109. The summed E-state index contributed by atoms with van der Waals surface area (Å²) >= 11 is 0. The van der Waals surface area contributed by atoms with Crippen LogP contribution in [0, 0.1) is 0 Å². The summed E-state index contributed by atoms with van der Waals surface area (Å²) in [6.45, 7) is 4.19. The summed E-state index contributed by atoms with van der Waals surface area (Å²) < 4.78 is 24.9. The average molecular weight is 309 g/mol. The van der Waals surface area contributed by atoms with Gasteiger partial charge in [0.25, 0.3) is 0 Å². The van der Waals surface area contributed by atoms with Gasteiger partial charge in [0.1, 0.15) is 0 Å². The minimum atomic E-state index is -3.29. The monoisotopic (exact) mass is 309 g/mol. The highest BCUT2D eigenvalue weighted by Gasteiger charge is 2.30. The fourth-order valence-corrected chi connectivity index (χ4v) is 4.53. The largest absolute Gasteiger partial charge is 0.360 e. The molecule has 1 fully saturated rings. The van der Waals surface area contributed by atoms with Crippen LogP contribution in [0.5, 0.6) is 0 Å². The number of piperidine rings is 1. The van der Waals surface area contributed by atoms with Crippen LogP contribution in [-0.2, 0) is 14.6 Å². The molecule has 1 atom stereocenters. The van der Waals surface area contributed by atoms with Gasteiger partial charge in [0.15, 0.2) is 15.6 Å². The zero-order chi connectivity index (χ0) is 15.5. The van der Waals surface area contributed by atoms with Crippen LogP contribution in [0.2, 0.25) is 0 Å². The molecule has 4 nitrogen and oxygen atoms in total. The highest BCUT2D eigenvalue weighted by molar-refractivity contribution is 7.91. The Kier molecular flexibility index (Phi) is 5.04. The Labute approximate surface area is 127 Å². The first-order chi connectivity index (χ1) is 9.97. The number of Topliss-reactive ketones (excluding diaryl/α,β-unsaturated/α-hetero) is 1. The molecule has 21 heavy (non-hydrogen) atoms. The summed E-state index contributed by atoms with van der Waals surface area (Å²) in [5, 5.41) is 0. The number of carbonyl (C=O) groups excluding carboxylic acids is 1. The molecule has 1 heterocycles. The Morgan fingerprint density at radius 2 is 2.00 bits per heavy atom. The van der Waals surface area contributed by atoms with E-state index in [-0.39, 0.29) is 17.6 Å². The molecule has 0 saturated carbocycles. The molecule has 1 aromatic carbocycles. The van der Waals surface area contributed by atoms with Gasteiger partial charge in [-0.05, 0) is 44.7 Å². The van der Waals surface area contributed by atoms with Crippen LogP contribution in [0.25, 0.3) is 0 Å². The number of hydrogen-bond donors (Lipinski definition) is 0. The topological polar surface area (TPSA) is 54.5 Å². The molecule has 116 valence electrons. The first-order valence-electron chi connectivity index (χ1n) is 7.56. The third-order valence-electron chi connectivity index (χ3n) is 3.95. The molecule has 1 aliphatic heterocycles. The SMILES string of the molecule is CCCS(=O)(=O)c1ccccc1N1CCCCC1C(C)=O. The predicted octanol–water partition coefficient (Wildman–Crippen LogP) is 2.82. The molecule has 0 N–H and O–H groups in total. The van der Waals surface area contributed by atoms with Crippen LogP contribution in [0.15, 0.2) is 29.2 Å². The van der Waals surface area contributed by atoms with E-state index in [1.807, 2.05) is 24.0 Å². The van der Waals surface area contributed by atoms with Gasteiger partial charge >= 0.3 is 0 Å². The zero-order valence-corrected chi connectivity index (χ0v) is 13.5. The van der Waals surface area contributed by atoms with E-state index in [9.17, 15) is 13.2 Å². The second-order valence-electron chi connectivity index (χ2n) is 5.60. The number of carbonyl (C=O) groups is 1. The quantitative estimate of drug-likeness (QED) is 0.839. The van der Waals surface area contributed by atoms with Crippen molar-refractivity contribution >= 4 is 21.3 Å². The summed E-state index contributed by atoms with van der Waals surface area (Å²) in [5.74, 6) is 0.250. The standard InChI is InChI=1S/C16H23NO3S/c1-3-12-21(19,20)16-10-5-4-9-15(16)17-11-7-6-8-14(17)13(2)18/h4-5,9-10,14H,3,6-8,11-12H2,1-2H3. The first kappa shape index (κ1) is 16.0. The van der Waals surface area contributed by atoms with Crippen LogP contribution >= 0.6 is 0 Å². The van der Waals surface area contributed by atoms with Gasteiger partial charge in [-0.25, -0.2) is 8.42 Å². The maximum Gasteiger partial charge on any atom is 0.180 e. The van der Waals surface area contributed by atoms with Crippen LogP contribution in [-0.4, -0.2) is 32.5 Å². The molecule has 5 heteroatoms. The molecule has 0 radical (unpaired) electrons. The summed E-state index contributed by atoms with van der Waals surface area (Å²) in [5.41, 5.74) is 0.686. The molecule has 1 saturated heterocycles. The van der Waals surface area contributed by atoms with Crippen molar-refractivity contribution in [3.05, 3.63) is 24.3 Å². The van der Waals surface area contributed by atoms with Crippen molar-refractivity contribution in [3.8, 4) is 0 Å². The first-order valence-corrected chi connectivity index (χ1v) is 9.21. The van der Waals surface area contributed by atoms with Gasteiger partial charge in [-0.1, -0.05) is 19.1 Å². The van der Waals surface area contributed by atoms with E-state index in [1.165, 1.54) is 0 Å². The van der Waals surface area contributed by atoms with E-state index < -0.39 is 9.84 Å². The Balaban J connectivity index is 2.46. The lowest BCUT2D eigenvalue weighted by molar-refractivity contribution is -0.118. The second-order valence-corrected chi connectivity index (χ2v) is 7.68. The Morgan fingerprint density at radius 3 is 2.67 bits per heavy atom. The Bertz CT molecular complexity index is 610. The normalized spacial score (nSPS) is 19.5. The summed E-state index contributed by atoms with van der Waals surface area (Å²) in [6.07, 6.45) is 3.40. The average Bonchev–Trinajstić information content (AvgIpc) is 2.47. The van der Waals surface area contributed by atoms with Gasteiger partial charge in [0.05, 0.1) is 22.4 Å². The number of anilines is 1. The van der Waals surface area contributed by atoms with Crippen molar-refractivity contribution in [1.29, 1.82) is 0 Å². The summed E-state index contributed by atoms with van der Waals surface area (Å²) in [4.78, 5) is 14.2. The molecule has 1 aliphatic rings. The third-order valence-corrected chi connectivity index (χ3v) is 5.92. The zero-order valence-electron chi connectivity index (χ0n) is 12.7. The number of ketones is 1. The number of rotatable bonds is 5. The fraction of sp³-hybridized carbons (Fsp3) is 0.562. The van der Waals surface area contributed by atoms with Crippen LogP contribution < -0.4 is 4.90 Å². The van der Waals surface area contributed by atoms with Crippen molar-refractivity contribution in [2.45, 2.75) is 50.5 Å². The molecule has 0 bridgehead atoms. The molecule has 0 amide bonds. The maximum atomic E-state index is 12.5. The Morgan fingerprint density at radius 1 is 1.29 bits per heavy atom. The van der Waals surface area contributed by atoms with E-state index in [1.54, 1.807) is 19.1 Å². The van der Waals surface area contributed by atoms with Gasteiger partial charge in [0.2, 0.25) is 0 Å². The highest BCUT2D eigenvalue weighted by Crippen LogP contribution is 2.31. The van der Waals surface area contributed by atoms with Gasteiger partial charge in [-0.3, -0.25) is 4.79 Å². The number of nitrogens with zero attached hydrogens (tertiary/aromatic N) is 1. The van der Waals surface area contributed by atoms with Crippen molar-refractivity contribution in [2.75, 3.05) is 17.2 Å². The second kappa shape index (κ2) is 6.60. The van der Waals surface area contributed by atoms with Crippen molar-refractivity contribution in [3.63, 3.8) is 0 Å². The van der Waals surface area contributed by atoms with Crippen molar-refractivity contribution in [2.24, 2.45) is 0 Å². The minimum Gasteiger partial charge on any atom is -0.360 e. The number of sulfone groups is 1. The van der Waals surface area contributed by atoms with Gasteiger partial charge in [0, 0.05) is 6.54 Å².